The van der Waals surface area contributed by atoms with Gasteiger partial charge in [0.05, 0.1) is 41.9 Å². The van der Waals surface area contributed by atoms with Crippen molar-refractivity contribution in [1.82, 2.24) is 19.9 Å². The van der Waals surface area contributed by atoms with Crippen LogP contribution in [0.4, 0.5) is 40.6 Å². The Kier molecular flexibility index (Phi) is 16.1. The molecule has 0 saturated carbocycles. The monoisotopic (exact) mass is 814 g/mol. The van der Waals surface area contributed by atoms with Crippen molar-refractivity contribution >= 4 is 52.2 Å². The van der Waals surface area contributed by atoms with Gasteiger partial charge >= 0.3 is 0 Å². The second-order valence-corrected chi connectivity index (χ2v) is 12.9. The van der Waals surface area contributed by atoms with Crippen molar-refractivity contribution < 1.29 is 50.5 Å². The van der Waals surface area contributed by atoms with Gasteiger partial charge < -0.3 is 26.0 Å². The highest BCUT2D eigenvalue weighted by atomic mass is 17.1. The third-order valence-corrected chi connectivity index (χ3v) is 8.51. The number of hydrogen-bond acceptors (Lipinski definition) is 21. The van der Waals surface area contributed by atoms with E-state index in [4.69, 9.17) is 21.0 Å². The molecule has 4 aromatic rings. The van der Waals surface area contributed by atoms with E-state index < -0.39 is 5.91 Å². The van der Waals surface area contributed by atoms with Gasteiger partial charge in [-0.3, -0.25) is 31.2 Å². The molecule has 0 bridgehead atoms. The van der Waals surface area contributed by atoms with Crippen LogP contribution in [-0.4, -0.2) is 90.4 Å². The highest BCUT2D eigenvalue weighted by molar-refractivity contribution is 6.46. The molecule has 0 spiro atoms. The number of aryl methyl sites for hydroxylation is 1. The zero-order chi connectivity index (χ0) is 42.1. The van der Waals surface area contributed by atoms with Gasteiger partial charge in [0.15, 0.2) is 5.71 Å². The summed E-state index contributed by atoms with van der Waals surface area (Å²) in [6, 6.07) is 17.4. The molecular weight excluding hydrogens is 772 g/mol. The van der Waals surface area contributed by atoms with Gasteiger partial charge in [-0.2, -0.15) is 35.5 Å². The molecule has 0 unspecified atom stereocenters. The fourth-order valence-electron chi connectivity index (χ4n) is 5.79. The zero-order valence-electron chi connectivity index (χ0n) is 31.9. The number of amides is 1. The fourth-order valence-corrected chi connectivity index (χ4v) is 5.79. The van der Waals surface area contributed by atoms with E-state index >= 15 is 0 Å². The number of nitriles is 1. The lowest BCUT2D eigenvalue weighted by Crippen LogP contribution is -2.45. The number of aliphatic hydroxyl groups is 1. The van der Waals surface area contributed by atoms with Crippen LogP contribution in [-0.2, 0) is 50.8 Å². The summed E-state index contributed by atoms with van der Waals surface area (Å²) in [6.45, 7) is 3.36. The van der Waals surface area contributed by atoms with Crippen LogP contribution in [0.3, 0.4) is 0 Å². The molecule has 0 radical (unpaired) electrons. The Morgan fingerprint density at radius 2 is 1.34 bits per heavy atom. The smallest absolute Gasteiger partial charge is 0.274 e. The molecule has 0 fully saturated rings. The van der Waals surface area contributed by atoms with Crippen LogP contribution in [0, 0.1) is 18.3 Å². The minimum absolute atomic E-state index is 0.0196. The first-order valence-electron chi connectivity index (χ1n) is 17.8. The highest BCUT2D eigenvalue weighted by Gasteiger charge is 2.30. The Bertz CT molecular complexity index is 2180. The van der Waals surface area contributed by atoms with E-state index in [2.05, 4.69) is 77.3 Å². The van der Waals surface area contributed by atoms with E-state index in [9.17, 15) is 15.2 Å². The average Bonchev–Trinajstić information content (AvgIpc) is 3.21. The summed E-state index contributed by atoms with van der Waals surface area (Å²) < 4.78 is 0. The second-order valence-electron chi connectivity index (χ2n) is 12.9. The number of nitrogens with one attached hydrogen (secondary N) is 4. The molecule has 9 N–H and O–H groups in total. The minimum Gasteiger partial charge on any atom is -0.395 e. The molecule has 0 saturated heterocycles. The van der Waals surface area contributed by atoms with E-state index in [1.165, 1.54) is 4.90 Å². The Balaban J connectivity index is 1.28. The predicted octanol–water partition coefficient (Wildman–Crippen LogP) is 5.26. The molecule has 2 heterocycles. The first-order chi connectivity index (χ1) is 28.7. The van der Waals surface area contributed by atoms with Crippen molar-refractivity contribution in [3.63, 3.8) is 0 Å². The van der Waals surface area contributed by atoms with Crippen molar-refractivity contribution in [3.8, 4) is 6.07 Å². The van der Waals surface area contributed by atoms with Gasteiger partial charge in [0.2, 0.25) is 17.8 Å². The number of azo groups is 1. The Hall–Kier alpha value is -6.52. The van der Waals surface area contributed by atoms with Crippen molar-refractivity contribution in [2.75, 3.05) is 54.2 Å². The van der Waals surface area contributed by atoms with Crippen molar-refractivity contribution in [3.05, 3.63) is 93.6 Å². The minimum atomic E-state index is -0.433. The van der Waals surface area contributed by atoms with Crippen molar-refractivity contribution in [2.45, 2.75) is 40.3 Å². The summed E-state index contributed by atoms with van der Waals surface area (Å²) in [5, 5.41) is 77.0. The topological polar surface area (TPSA) is 306 Å². The Labute approximate surface area is 336 Å². The van der Waals surface area contributed by atoms with E-state index in [0.717, 1.165) is 5.56 Å². The Morgan fingerprint density at radius 1 is 0.763 bits per heavy atom. The van der Waals surface area contributed by atoms with E-state index in [1.807, 2.05) is 13.0 Å². The van der Waals surface area contributed by atoms with Crippen LogP contribution in [0.5, 0.6) is 0 Å². The van der Waals surface area contributed by atoms with Gasteiger partial charge in [0.25, 0.3) is 5.91 Å². The molecule has 22 heteroatoms. The fraction of sp³-hybridized carbons (Fsp3) is 0.297. The van der Waals surface area contributed by atoms with Crippen LogP contribution < -0.4 is 21.4 Å². The molecular formula is C37H42N12O10. The van der Waals surface area contributed by atoms with E-state index in [0.29, 0.717) is 56.1 Å². The first-order valence-corrected chi connectivity index (χ1v) is 17.8. The van der Waals surface area contributed by atoms with Gasteiger partial charge in [0, 0.05) is 25.3 Å². The highest BCUT2D eigenvalue weighted by Crippen LogP contribution is 2.28. The van der Waals surface area contributed by atoms with Crippen LogP contribution in [0.1, 0.15) is 34.7 Å². The van der Waals surface area contributed by atoms with Crippen LogP contribution in [0.25, 0.3) is 0 Å². The first kappa shape index (κ1) is 43.6. The molecule has 1 aliphatic heterocycles. The number of hydrazone groups is 1. The standard InChI is InChI=1S/C37H42N12O10/c1-22-9-29(3-4-32(22)47-45-30-12-24(18-56-52)10-25(13-30)19-57-53)41-37-43-35(42-36(44-37)40-6-8-50)39-5-7-49-17-28(16-38)23(2)33(34(49)51)48-46-31-14-26(20-58-54)11-27(15-31)21-59-55/h3-4,9-15,46,50,52-55H,5-8,17-21H2,1-2H3,(H3,39,40,41,42,43,44). The number of anilines is 5. The van der Waals surface area contributed by atoms with Gasteiger partial charge in [-0.05, 0) is 89.7 Å². The SMILES string of the molecule is CC1=C(C#N)CN(CCNc2nc(NCCO)nc(Nc3ccc(N=Nc4cc(COO)cc(COO)c4)c(C)c3)n2)C(=O)C1=NNc1cc(COO)cc(COO)c1. The van der Waals surface area contributed by atoms with Crippen molar-refractivity contribution in [2.24, 2.45) is 15.3 Å². The summed E-state index contributed by atoms with van der Waals surface area (Å²) in [5.41, 5.74) is 8.67. The molecule has 1 aromatic heterocycles. The van der Waals surface area contributed by atoms with Crippen LogP contribution in [0.15, 0.2) is 81.1 Å². The third kappa shape index (κ3) is 12.5. The lowest BCUT2D eigenvalue weighted by Gasteiger charge is -2.28. The van der Waals surface area contributed by atoms with Gasteiger partial charge in [0.1, 0.15) is 26.4 Å². The second kappa shape index (κ2) is 21.9. The normalized spacial score (nSPS) is 13.6. The number of carbonyl (C=O) groups excluding carboxylic acids is 1. The largest absolute Gasteiger partial charge is 0.395 e. The quantitative estimate of drug-likeness (QED) is 0.0294. The summed E-state index contributed by atoms with van der Waals surface area (Å²) in [7, 11) is 0. The van der Waals surface area contributed by atoms with Gasteiger partial charge in [-0.15, -0.1) is 0 Å². The number of hydrogen-bond donors (Lipinski definition) is 9. The zero-order valence-corrected chi connectivity index (χ0v) is 31.9. The van der Waals surface area contributed by atoms with E-state index in [-0.39, 0.29) is 82.8 Å². The molecule has 1 aliphatic rings. The van der Waals surface area contributed by atoms with E-state index in [1.54, 1.807) is 55.5 Å². The number of rotatable bonds is 21. The molecule has 5 rings (SSSR count). The number of nitrogens with zero attached hydrogens (tertiary/aromatic N) is 8. The summed E-state index contributed by atoms with van der Waals surface area (Å²) in [5.74, 6) is 0.0641. The molecule has 1 amide bonds. The van der Waals surface area contributed by atoms with Gasteiger partial charge in [-0.25, -0.2) is 19.6 Å². The van der Waals surface area contributed by atoms with Crippen LogP contribution in [0.2, 0.25) is 0 Å². The summed E-state index contributed by atoms with van der Waals surface area (Å²) in [4.78, 5) is 45.3. The molecule has 59 heavy (non-hydrogen) atoms. The molecule has 3 aromatic carbocycles. The molecule has 0 atom stereocenters. The lowest BCUT2D eigenvalue weighted by atomic mass is 10.00. The van der Waals surface area contributed by atoms with Gasteiger partial charge in [-0.1, -0.05) is 12.1 Å². The van der Waals surface area contributed by atoms with Crippen LogP contribution >= 0.6 is 0 Å². The predicted molar refractivity (Wildman–Crippen MR) is 211 cm³/mol. The third-order valence-electron chi connectivity index (χ3n) is 8.51. The number of aromatic nitrogens is 3. The molecule has 310 valence electrons. The maximum Gasteiger partial charge on any atom is 0.274 e. The maximum absolute atomic E-state index is 13.6. The number of aliphatic hydroxyl groups excluding tert-OH is 1. The lowest BCUT2D eigenvalue weighted by molar-refractivity contribution is -0.254. The number of benzene rings is 3. The Morgan fingerprint density at radius 3 is 1.90 bits per heavy atom. The molecule has 0 aliphatic carbocycles. The summed E-state index contributed by atoms with van der Waals surface area (Å²) >= 11 is 0. The summed E-state index contributed by atoms with van der Waals surface area (Å²) in [6.07, 6.45) is 0. The average molecular weight is 815 g/mol. The maximum atomic E-state index is 13.6. The molecule has 22 nitrogen and oxygen atoms in total. The number of carbonyl (C=O) groups is 1. The van der Waals surface area contributed by atoms with Crippen molar-refractivity contribution in [1.29, 1.82) is 5.26 Å².